The van der Waals surface area contributed by atoms with E-state index in [0.29, 0.717) is 10.8 Å². The van der Waals surface area contributed by atoms with Crippen LogP contribution < -0.4 is 4.74 Å². The van der Waals surface area contributed by atoms with E-state index in [9.17, 15) is 9.18 Å². The summed E-state index contributed by atoms with van der Waals surface area (Å²) in [4.78, 5) is 17.8. The molecule has 6 heteroatoms. The third-order valence-corrected chi connectivity index (χ3v) is 6.12. The normalized spacial score (nSPS) is 19.9. The molecule has 0 saturated carbocycles. The number of aromatic nitrogens is 1. The Morgan fingerprint density at radius 3 is 2.81 bits per heavy atom. The van der Waals surface area contributed by atoms with Crippen LogP contribution in [0.5, 0.6) is 5.75 Å². The molecule has 1 aromatic carbocycles. The number of pyridine rings is 1. The highest BCUT2D eigenvalue weighted by Crippen LogP contribution is 2.36. The molecule has 1 atom stereocenters. The number of amides is 1. The lowest BCUT2D eigenvalue weighted by Gasteiger charge is -2.32. The highest BCUT2D eigenvalue weighted by molar-refractivity contribution is 7.98. The number of nitrogens with zero attached hydrogens (tertiary/aromatic N) is 2. The second-order valence-corrected chi connectivity index (χ2v) is 7.71. The fraction of sp³-hybridized carbons (Fsp3) is 0.400. The summed E-state index contributed by atoms with van der Waals surface area (Å²) in [6.07, 6.45) is 7.48. The predicted octanol–water partition coefficient (Wildman–Crippen LogP) is 3.78. The van der Waals surface area contributed by atoms with E-state index in [-0.39, 0.29) is 11.9 Å². The fourth-order valence-electron chi connectivity index (χ4n) is 3.81. The number of piperidine rings is 1. The average molecular weight is 372 g/mol. The quantitative estimate of drug-likeness (QED) is 0.605. The van der Waals surface area contributed by atoms with Crippen molar-refractivity contribution in [1.82, 2.24) is 9.88 Å². The van der Waals surface area contributed by atoms with Crippen molar-refractivity contribution < 1.29 is 13.9 Å². The molecule has 0 radical (unpaired) electrons. The predicted molar refractivity (Wildman–Crippen MR) is 99.9 cm³/mol. The Balaban J connectivity index is 1.50. The summed E-state index contributed by atoms with van der Waals surface area (Å²) in [7, 11) is 0. The molecule has 0 spiro atoms. The third-order valence-electron chi connectivity index (χ3n) is 5.34. The van der Waals surface area contributed by atoms with Crippen LogP contribution in [0, 0.1) is 11.7 Å². The number of carbonyl (C=O) groups is 1. The van der Waals surface area contributed by atoms with Gasteiger partial charge in [-0.2, -0.15) is 0 Å². The molecule has 2 aliphatic rings. The molecule has 4 rings (SSSR count). The number of rotatable bonds is 4. The van der Waals surface area contributed by atoms with Gasteiger partial charge in [0.15, 0.2) is 0 Å². The van der Waals surface area contributed by atoms with Crippen LogP contribution in [0.4, 0.5) is 4.39 Å². The van der Waals surface area contributed by atoms with Gasteiger partial charge < -0.3 is 9.64 Å². The molecule has 1 amide bonds. The second kappa shape index (κ2) is 7.27. The number of benzene rings is 1. The van der Waals surface area contributed by atoms with Gasteiger partial charge in [-0.25, -0.2) is 4.39 Å². The average Bonchev–Trinajstić information content (AvgIpc) is 3.11. The topological polar surface area (TPSA) is 42.4 Å². The number of likely N-dealkylation sites (tertiary alicyclic amines) is 1. The van der Waals surface area contributed by atoms with Gasteiger partial charge in [-0.15, -0.1) is 11.8 Å². The van der Waals surface area contributed by atoms with E-state index in [1.165, 1.54) is 11.8 Å². The number of thioether (sulfide) groups is 1. The third kappa shape index (κ3) is 3.30. The molecular formula is C20H21FN2O2S. The Hall–Kier alpha value is -2.08. The van der Waals surface area contributed by atoms with Crippen molar-refractivity contribution >= 4 is 18.2 Å². The van der Waals surface area contributed by atoms with Crippen LogP contribution in [0.15, 0.2) is 35.4 Å². The lowest BCUT2D eigenvalue weighted by atomic mass is 9.89. The standard InChI is InChI=1S/C20H21FN2O2S/c1-26-20-3-2-14(8-16(20)21)17-9-15-10-18(25-19(15)11-22-17)13-4-6-23(12-24)7-5-13/h2-3,8-9,11-13,18H,4-7,10H2,1H3. The minimum absolute atomic E-state index is 0.145. The van der Waals surface area contributed by atoms with Crippen molar-refractivity contribution in [3.8, 4) is 17.0 Å². The van der Waals surface area contributed by atoms with Crippen molar-refractivity contribution in [3.05, 3.63) is 41.8 Å². The number of fused-ring (bicyclic) bond motifs is 1. The summed E-state index contributed by atoms with van der Waals surface area (Å²) < 4.78 is 20.2. The maximum atomic E-state index is 14.1. The summed E-state index contributed by atoms with van der Waals surface area (Å²) in [5, 5.41) is 0. The number of halogens is 1. The van der Waals surface area contributed by atoms with Gasteiger partial charge in [-0.1, -0.05) is 6.07 Å². The smallest absolute Gasteiger partial charge is 0.209 e. The summed E-state index contributed by atoms with van der Waals surface area (Å²) >= 11 is 1.40. The van der Waals surface area contributed by atoms with Crippen LogP contribution in [-0.2, 0) is 11.2 Å². The van der Waals surface area contributed by atoms with Crippen LogP contribution in [-0.4, -0.2) is 41.7 Å². The molecule has 1 aromatic heterocycles. The lowest BCUT2D eigenvalue weighted by molar-refractivity contribution is -0.119. The molecule has 4 nitrogen and oxygen atoms in total. The van der Waals surface area contributed by atoms with Crippen LogP contribution >= 0.6 is 11.8 Å². The molecule has 0 aliphatic carbocycles. The monoisotopic (exact) mass is 372 g/mol. The van der Waals surface area contributed by atoms with E-state index in [1.807, 2.05) is 23.3 Å². The SMILES string of the molecule is CSc1ccc(-c2cc3c(cn2)OC(C2CCN(C=O)CC2)C3)cc1F. The Labute approximate surface area is 156 Å². The van der Waals surface area contributed by atoms with Gasteiger partial charge >= 0.3 is 0 Å². The van der Waals surface area contributed by atoms with Crippen LogP contribution in [0.3, 0.4) is 0 Å². The van der Waals surface area contributed by atoms with Crippen molar-refractivity contribution in [2.75, 3.05) is 19.3 Å². The maximum Gasteiger partial charge on any atom is 0.209 e. The number of ether oxygens (including phenoxy) is 1. The first kappa shape index (κ1) is 17.3. The Kier molecular flexibility index (Phi) is 4.85. The Morgan fingerprint density at radius 1 is 1.31 bits per heavy atom. The first-order valence-electron chi connectivity index (χ1n) is 8.87. The van der Waals surface area contributed by atoms with Crippen LogP contribution in [0.25, 0.3) is 11.3 Å². The first-order chi connectivity index (χ1) is 12.7. The summed E-state index contributed by atoms with van der Waals surface area (Å²) in [6, 6.07) is 7.27. The Morgan fingerprint density at radius 2 is 2.12 bits per heavy atom. The summed E-state index contributed by atoms with van der Waals surface area (Å²) in [5.41, 5.74) is 2.69. The van der Waals surface area contributed by atoms with Crippen molar-refractivity contribution in [1.29, 1.82) is 0 Å². The van der Waals surface area contributed by atoms with Crippen LogP contribution in [0.1, 0.15) is 18.4 Å². The van der Waals surface area contributed by atoms with Crippen molar-refractivity contribution in [3.63, 3.8) is 0 Å². The molecule has 0 N–H and O–H groups in total. The molecular weight excluding hydrogens is 351 g/mol. The second-order valence-electron chi connectivity index (χ2n) is 6.87. The van der Waals surface area contributed by atoms with Crippen LogP contribution in [0.2, 0.25) is 0 Å². The fourth-order valence-corrected chi connectivity index (χ4v) is 4.27. The van der Waals surface area contributed by atoms with Gasteiger partial charge in [-0.3, -0.25) is 9.78 Å². The zero-order chi connectivity index (χ0) is 18.1. The molecule has 2 aromatic rings. The minimum Gasteiger partial charge on any atom is -0.488 e. The molecule has 1 saturated heterocycles. The van der Waals surface area contributed by atoms with Gasteiger partial charge in [0.2, 0.25) is 6.41 Å². The Bertz CT molecular complexity index is 821. The highest BCUT2D eigenvalue weighted by atomic mass is 32.2. The number of carbonyl (C=O) groups excluding carboxylic acids is 1. The first-order valence-corrected chi connectivity index (χ1v) is 10.1. The van der Waals surface area contributed by atoms with Gasteiger partial charge in [0.25, 0.3) is 0 Å². The van der Waals surface area contributed by atoms with Gasteiger partial charge in [0.05, 0.1) is 11.9 Å². The van der Waals surface area contributed by atoms with Crippen molar-refractivity contribution in [2.45, 2.75) is 30.3 Å². The van der Waals surface area contributed by atoms with E-state index in [1.54, 1.807) is 18.3 Å². The molecule has 3 heterocycles. The van der Waals surface area contributed by atoms with Gasteiger partial charge in [0, 0.05) is 35.5 Å². The molecule has 1 unspecified atom stereocenters. The van der Waals surface area contributed by atoms with E-state index in [0.717, 1.165) is 61.3 Å². The van der Waals surface area contributed by atoms with E-state index < -0.39 is 0 Å². The lowest BCUT2D eigenvalue weighted by Crippen LogP contribution is -2.38. The molecule has 0 bridgehead atoms. The van der Waals surface area contributed by atoms with E-state index in [2.05, 4.69) is 4.98 Å². The summed E-state index contributed by atoms with van der Waals surface area (Å²) in [6.45, 7) is 1.60. The summed E-state index contributed by atoms with van der Waals surface area (Å²) in [5.74, 6) is 1.08. The maximum absolute atomic E-state index is 14.1. The van der Waals surface area contributed by atoms with Crippen molar-refractivity contribution in [2.24, 2.45) is 5.92 Å². The zero-order valence-corrected chi connectivity index (χ0v) is 15.5. The van der Waals surface area contributed by atoms with E-state index >= 15 is 0 Å². The van der Waals surface area contributed by atoms with E-state index in [4.69, 9.17) is 4.74 Å². The number of hydrogen-bond donors (Lipinski definition) is 0. The minimum atomic E-state index is -0.214. The molecule has 136 valence electrons. The number of hydrogen-bond acceptors (Lipinski definition) is 4. The molecule has 1 fully saturated rings. The highest BCUT2D eigenvalue weighted by Gasteiger charge is 2.33. The molecule has 26 heavy (non-hydrogen) atoms. The zero-order valence-electron chi connectivity index (χ0n) is 14.7. The van der Waals surface area contributed by atoms with Gasteiger partial charge in [-0.05, 0) is 43.2 Å². The molecule has 2 aliphatic heterocycles. The van der Waals surface area contributed by atoms with Gasteiger partial charge in [0.1, 0.15) is 17.7 Å². The largest absolute Gasteiger partial charge is 0.488 e.